The van der Waals surface area contributed by atoms with E-state index >= 15 is 0 Å². The van der Waals surface area contributed by atoms with Gasteiger partial charge in [-0.15, -0.1) is 0 Å². The standard InChI is InChI=1S/C21H20N4O2S/c1-14-17(11-15-7-3-2-4-8-15)24-21(22-14)28-13-20(27)25-12-19(26)23-16-9-5-6-10-18(16)25/h2-10H,11-13H2,1H3,(H,22,24)(H,23,26). The number of carbonyl (C=O) groups is 2. The minimum atomic E-state index is -0.184. The minimum absolute atomic E-state index is 0.0346. The summed E-state index contributed by atoms with van der Waals surface area (Å²) >= 11 is 1.35. The maximum atomic E-state index is 12.7. The SMILES string of the molecule is Cc1[nH]c(SCC(=O)N2CC(=O)Nc3ccccc32)nc1Cc1ccccc1. The summed E-state index contributed by atoms with van der Waals surface area (Å²) in [7, 11) is 0. The Balaban J connectivity index is 1.43. The number of carbonyl (C=O) groups excluding carboxylic acids is 2. The van der Waals surface area contributed by atoms with Crippen LogP contribution in [0.15, 0.2) is 59.8 Å². The number of H-pyrrole nitrogens is 1. The zero-order valence-electron chi connectivity index (χ0n) is 15.4. The molecule has 4 rings (SSSR count). The Bertz CT molecular complexity index is 1020. The first-order valence-corrected chi connectivity index (χ1v) is 10.00. The van der Waals surface area contributed by atoms with Crippen LogP contribution < -0.4 is 10.2 Å². The van der Waals surface area contributed by atoms with E-state index in [2.05, 4.69) is 27.4 Å². The third-order valence-corrected chi connectivity index (χ3v) is 5.44. The zero-order valence-corrected chi connectivity index (χ0v) is 16.3. The van der Waals surface area contributed by atoms with Crippen molar-refractivity contribution < 1.29 is 9.59 Å². The second kappa shape index (κ2) is 7.90. The second-order valence-corrected chi connectivity index (χ2v) is 7.57. The van der Waals surface area contributed by atoms with Crippen LogP contribution in [-0.4, -0.2) is 34.1 Å². The monoisotopic (exact) mass is 392 g/mol. The maximum Gasteiger partial charge on any atom is 0.244 e. The van der Waals surface area contributed by atoms with Crippen LogP contribution in [0.1, 0.15) is 17.0 Å². The number of hydrogen-bond acceptors (Lipinski definition) is 4. The molecule has 28 heavy (non-hydrogen) atoms. The van der Waals surface area contributed by atoms with Crippen molar-refractivity contribution in [3.8, 4) is 0 Å². The summed E-state index contributed by atoms with van der Waals surface area (Å²) in [6, 6.07) is 17.5. The van der Waals surface area contributed by atoms with Gasteiger partial charge in [-0.2, -0.15) is 0 Å². The van der Waals surface area contributed by atoms with E-state index in [-0.39, 0.29) is 24.1 Å². The van der Waals surface area contributed by atoms with E-state index in [1.165, 1.54) is 22.2 Å². The van der Waals surface area contributed by atoms with Crippen LogP contribution in [0.3, 0.4) is 0 Å². The first-order valence-electron chi connectivity index (χ1n) is 9.01. The Hall–Kier alpha value is -3.06. The quantitative estimate of drug-likeness (QED) is 0.653. The third-order valence-electron chi connectivity index (χ3n) is 4.58. The molecule has 0 unspecified atom stereocenters. The number of aryl methyl sites for hydroxylation is 1. The van der Waals surface area contributed by atoms with Gasteiger partial charge in [-0.3, -0.25) is 9.59 Å². The van der Waals surface area contributed by atoms with Crippen molar-refractivity contribution in [3.63, 3.8) is 0 Å². The number of anilines is 2. The van der Waals surface area contributed by atoms with Crippen LogP contribution in [-0.2, 0) is 16.0 Å². The molecule has 1 aromatic heterocycles. The molecule has 3 aromatic rings. The van der Waals surface area contributed by atoms with Crippen LogP contribution in [0.25, 0.3) is 0 Å². The summed E-state index contributed by atoms with van der Waals surface area (Å²) < 4.78 is 0. The Kier molecular flexibility index (Phi) is 5.16. The Morgan fingerprint density at radius 1 is 1.14 bits per heavy atom. The van der Waals surface area contributed by atoms with Gasteiger partial charge in [-0.05, 0) is 24.6 Å². The average molecular weight is 392 g/mol. The number of amides is 2. The molecule has 0 atom stereocenters. The van der Waals surface area contributed by atoms with E-state index in [1.807, 2.05) is 43.3 Å². The Labute approximate surface area is 167 Å². The number of aromatic nitrogens is 2. The lowest BCUT2D eigenvalue weighted by molar-refractivity contribution is -0.120. The summed E-state index contributed by atoms with van der Waals surface area (Å²) in [5.74, 6) is -0.0960. The van der Waals surface area contributed by atoms with Crippen molar-refractivity contribution in [1.29, 1.82) is 0 Å². The summed E-state index contributed by atoms with van der Waals surface area (Å²) in [4.78, 5) is 34.1. The fourth-order valence-electron chi connectivity index (χ4n) is 3.16. The van der Waals surface area contributed by atoms with Gasteiger partial charge in [0.05, 0.1) is 22.8 Å². The molecule has 2 aromatic carbocycles. The molecule has 142 valence electrons. The fourth-order valence-corrected chi connectivity index (χ4v) is 3.98. The molecule has 0 radical (unpaired) electrons. The normalized spacial score (nSPS) is 13.2. The van der Waals surface area contributed by atoms with Gasteiger partial charge < -0.3 is 15.2 Å². The molecule has 2 amide bonds. The van der Waals surface area contributed by atoms with Crippen LogP contribution in [0.5, 0.6) is 0 Å². The highest BCUT2D eigenvalue weighted by atomic mass is 32.2. The molecule has 0 aliphatic carbocycles. The van der Waals surface area contributed by atoms with Crippen molar-refractivity contribution in [2.45, 2.75) is 18.5 Å². The van der Waals surface area contributed by atoms with Gasteiger partial charge in [-0.1, -0.05) is 54.2 Å². The number of rotatable bonds is 5. The third kappa shape index (κ3) is 3.94. The average Bonchev–Trinajstić information content (AvgIpc) is 3.05. The highest BCUT2D eigenvalue weighted by Gasteiger charge is 2.26. The van der Waals surface area contributed by atoms with Crippen molar-refractivity contribution >= 4 is 35.0 Å². The number of hydrogen-bond donors (Lipinski definition) is 2. The first-order chi connectivity index (χ1) is 13.6. The van der Waals surface area contributed by atoms with Gasteiger partial charge in [0.2, 0.25) is 11.8 Å². The number of thioether (sulfide) groups is 1. The molecule has 2 heterocycles. The van der Waals surface area contributed by atoms with E-state index in [0.29, 0.717) is 10.8 Å². The zero-order chi connectivity index (χ0) is 19.5. The molecular formula is C21H20N4O2S. The molecular weight excluding hydrogens is 372 g/mol. The molecule has 0 spiro atoms. The lowest BCUT2D eigenvalue weighted by Gasteiger charge is -2.28. The van der Waals surface area contributed by atoms with E-state index < -0.39 is 0 Å². The van der Waals surface area contributed by atoms with Crippen LogP contribution in [0, 0.1) is 6.92 Å². The largest absolute Gasteiger partial charge is 0.337 e. The molecule has 7 heteroatoms. The number of nitrogens with zero attached hydrogens (tertiary/aromatic N) is 2. The van der Waals surface area contributed by atoms with E-state index in [9.17, 15) is 9.59 Å². The van der Waals surface area contributed by atoms with Crippen LogP contribution >= 0.6 is 11.8 Å². The lowest BCUT2D eigenvalue weighted by atomic mass is 10.1. The Morgan fingerprint density at radius 2 is 1.89 bits per heavy atom. The second-order valence-electron chi connectivity index (χ2n) is 6.61. The topological polar surface area (TPSA) is 78.1 Å². The van der Waals surface area contributed by atoms with Gasteiger partial charge in [0.25, 0.3) is 0 Å². The fraction of sp³-hybridized carbons (Fsp3) is 0.190. The predicted molar refractivity (Wildman–Crippen MR) is 111 cm³/mol. The van der Waals surface area contributed by atoms with Gasteiger partial charge in [-0.25, -0.2) is 4.98 Å². The molecule has 0 bridgehead atoms. The smallest absolute Gasteiger partial charge is 0.244 e. The number of nitrogens with one attached hydrogen (secondary N) is 2. The minimum Gasteiger partial charge on any atom is -0.337 e. The number of aromatic amines is 1. The number of benzene rings is 2. The number of fused-ring (bicyclic) bond motifs is 1. The highest BCUT2D eigenvalue weighted by molar-refractivity contribution is 7.99. The first kappa shape index (κ1) is 18.3. The molecule has 0 saturated carbocycles. The summed E-state index contributed by atoms with van der Waals surface area (Å²) in [6.07, 6.45) is 0.747. The van der Waals surface area contributed by atoms with Crippen molar-refractivity contribution in [2.75, 3.05) is 22.5 Å². The molecule has 6 nitrogen and oxygen atoms in total. The molecule has 1 aliphatic heterocycles. The predicted octanol–water partition coefficient (Wildman–Crippen LogP) is 3.39. The van der Waals surface area contributed by atoms with Gasteiger partial charge >= 0.3 is 0 Å². The molecule has 0 fully saturated rings. The molecule has 2 N–H and O–H groups in total. The van der Waals surface area contributed by atoms with E-state index in [0.717, 1.165) is 23.5 Å². The summed E-state index contributed by atoms with van der Waals surface area (Å²) in [6.45, 7) is 2.02. The molecule has 0 saturated heterocycles. The number of imidazole rings is 1. The van der Waals surface area contributed by atoms with Crippen LogP contribution in [0.2, 0.25) is 0 Å². The Morgan fingerprint density at radius 3 is 2.71 bits per heavy atom. The maximum absolute atomic E-state index is 12.7. The number of para-hydroxylation sites is 2. The van der Waals surface area contributed by atoms with Crippen molar-refractivity contribution in [2.24, 2.45) is 0 Å². The van der Waals surface area contributed by atoms with Crippen LogP contribution in [0.4, 0.5) is 11.4 Å². The van der Waals surface area contributed by atoms with E-state index in [1.54, 1.807) is 6.07 Å². The van der Waals surface area contributed by atoms with Gasteiger partial charge in [0.1, 0.15) is 6.54 Å². The highest BCUT2D eigenvalue weighted by Crippen LogP contribution is 2.30. The van der Waals surface area contributed by atoms with Crippen molar-refractivity contribution in [1.82, 2.24) is 9.97 Å². The van der Waals surface area contributed by atoms with E-state index in [4.69, 9.17) is 0 Å². The lowest BCUT2D eigenvalue weighted by Crippen LogP contribution is -2.43. The summed E-state index contributed by atoms with van der Waals surface area (Å²) in [5, 5.41) is 3.51. The van der Waals surface area contributed by atoms with Crippen molar-refractivity contribution in [3.05, 3.63) is 71.5 Å². The molecule has 1 aliphatic rings. The van der Waals surface area contributed by atoms with Gasteiger partial charge in [0.15, 0.2) is 5.16 Å². The summed E-state index contributed by atoms with van der Waals surface area (Å²) in [5.41, 5.74) is 4.56. The van der Waals surface area contributed by atoms with Gasteiger partial charge in [0, 0.05) is 12.1 Å².